The van der Waals surface area contributed by atoms with Gasteiger partial charge in [-0.15, -0.1) is 20.4 Å². The van der Waals surface area contributed by atoms with E-state index >= 15 is 0 Å². The van der Waals surface area contributed by atoms with E-state index in [1.54, 1.807) is 11.8 Å². The van der Waals surface area contributed by atoms with Crippen molar-refractivity contribution in [3.05, 3.63) is 10.0 Å². The summed E-state index contributed by atoms with van der Waals surface area (Å²) in [4.78, 5) is 20.4. The van der Waals surface area contributed by atoms with Gasteiger partial charge in [-0.2, -0.15) is 11.8 Å². The van der Waals surface area contributed by atoms with Gasteiger partial charge >= 0.3 is 0 Å². The summed E-state index contributed by atoms with van der Waals surface area (Å²) in [6.45, 7) is 0. The summed E-state index contributed by atoms with van der Waals surface area (Å²) >= 11 is 26.1. The average molecular weight is 510 g/mol. The van der Waals surface area contributed by atoms with Gasteiger partial charge in [0.1, 0.15) is 10.0 Å². The largest absolute Gasteiger partial charge is 0.298 e. The standard InChI is InChI=1S/C12H12Cl4N6O2S3/c13-7(14)9(23)17-11-21-19-5(26-11)1-3-25-4-2-6-20-22-12(27-6)18-10(24)8(15)16/h7-8H,1-4H2,(H,17,21,23)(H,18,22,24). The van der Waals surface area contributed by atoms with E-state index in [-0.39, 0.29) is 0 Å². The summed E-state index contributed by atoms with van der Waals surface area (Å²) < 4.78 is 0. The number of amides is 2. The Hall–Kier alpha value is -0.430. The zero-order valence-electron chi connectivity index (χ0n) is 13.3. The highest BCUT2D eigenvalue weighted by molar-refractivity contribution is 7.99. The van der Waals surface area contributed by atoms with E-state index in [1.165, 1.54) is 22.7 Å². The molecule has 0 aromatic carbocycles. The minimum absolute atomic E-state index is 0.367. The van der Waals surface area contributed by atoms with Gasteiger partial charge < -0.3 is 0 Å². The van der Waals surface area contributed by atoms with E-state index in [2.05, 4.69) is 31.0 Å². The molecule has 0 bridgehead atoms. The number of anilines is 2. The van der Waals surface area contributed by atoms with Crippen molar-refractivity contribution >= 4 is 103 Å². The zero-order chi connectivity index (χ0) is 19.8. The van der Waals surface area contributed by atoms with Crippen molar-refractivity contribution in [3.63, 3.8) is 0 Å². The maximum atomic E-state index is 11.4. The van der Waals surface area contributed by atoms with Gasteiger partial charge in [0.2, 0.25) is 10.3 Å². The number of nitrogens with one attached hydrogen (secondary N) is 2. The molecule has 0 unspecified atom stereocenters. The van der Waals surface area contributed by atoms with Crippen LogP contribution in [0.1, 0.15) is 10.0 Å². The first-order valence-corrected chi connectivity index (χ1v) is 11.8. The van der Waals surface area contributed by atoms with Crippen molar-refractivity contribution in [2.75, 3.05) is 22.1 Å². The molecule has 2 N–H and O–H groups in total. The third-order valence-corrected chi connectivity index (χ3v) is 6.29. The fourth-order valence-corrected chi connectivity index (χ4v) is 4.39. The fraction of sp³-hybridized carbons (Fsp3) is 0.500. The molecule has 15 heteroatoms. The van der Waals surface area contributed by atoms with Gasteiger partial charge in [0.05, 0.1) is 0 Å². The molecule has 0 atom stereocenters. The third kappa shape index (κ3) is 8.22. The Labute approximate surface area is 186 Å². The molecule has 2 rings (SSSR count). The van der Waals surface area contributed by atoms with Gasteiger partial charge in [-0.1, -0.05) is 69.1 Å². The molecule has 8 nitrogen and oxygen atoms in total. The van der Waals surface area contributed by atoms with Crippen LogP contribution in [0.5, 0.6) is 0 Å². The number of thioether (sulfide) groups is 1. The van der Waals surface area contributed by atoms with Crippen LogP contribution in [-0.4, -0.2) is 53.4 Å². The number of halogens is 4. The molecule has 0 spiro atoms. The Morgan fingerprint density at radius 3 is 1.59 bits per heavy atom. The van der Waals surface area contributed by atoms with Crippen molar-refractivity contribution in [2.45, 2.75) is 22.5 Å². The minimum Gasteiger partial charge on any atom is -0.298 e. The summed E-state index contributed by atoms with van der Waals surface area (Å²) in [6, 6.07) is 0. The number of carbonyl (C=O) groups is 2. The molecule has 0 fully saturated rings. The van der Waals surface area contributed by atoms with Gasteiger partial charge in [0, 0.05) is 12.8 Å². The Balaban J connectivity index is 1.65. The Bertz CT molecular complexity index is 710. The summed E-state index contributed by atoms with van der Waals surface area (Å²) in [6.07, 6.45) is 1.43. The highest BCUT2D eigenvalue weighted by Crippen LogP contribution is 2.20. The lowest BCUT2D eigenvalue weighted by atomic mass is 10.5. The highest BCUT2D eigenvalue weighted by Gasteiger charge is 2.15. The first-order chi connectivity index (χ1) is 12.8. The molecule has 0 saturated heterocycles. The molecule has 2 heterocycles. The minimum atomic E-state index is -1.15. The molecule has 27 heavy (non-hydrogen) atoms. The molecular weight excluding hydrogens is 498 g/mol. The molecule has 0 saturated carbocycles. The highest BCUT2D eigenvalue weighted by atomic mass is 35.5. The number of carbonyl (C=O) groups excluding carboxylic acids is 2. The molecule has 0 aliphatic carbocycles. The van der Waals surface area contributed by atoms with Crippen LogP contribution in [-0.2, 0) is 22.4 Å². The van der Waals surface area contributed by atoms with Crippen molar-refractivity contribution < 1.29 is 9.59 Å². The van der Waals surface area contributed by atoms with E-state index in [0.29, 0.717) is 23.1 Å². The van der Waals surface area contributed by atoms with Crippen LogP contribution in [0.15, 0.2) is 0 Å². The van der Waals surface area contributed by atoms with Crippen molar-refractivity contribution in [1.82, 2.24) is 20.4 Å². The number of hydrogen-bond donors (Lipinski definition) is 2. The maximum Gasteiger partial charge on any atom is 0.259 e. The number of aromatic nitrogens is 4. The molecule has 0 aliphatic rings. The van der Waals surface area contributed by atoms with Crippen LogP contribution < -0.4 is 10.6 Å². The summed E-state index contributed by atoms with van der Waals surface area (Å²) in [7, 11) is 0. The summed E-state index contributed by atoms with van der Waals surface area (Å²) in [5, 5.41) is 23.0. The lowest BCUT2D eigenvalue weighted by molar-refractivity contribution is -0.115. The first kappa shape index (κ1) is 22.9. The van der Waals surface area contributed by atoms with Crippen LogP contribution in [0.3, 0.4) is 0 Å². The van der Waals surface area contributed by atoms with Gasteiger partial charge in [-0.25, -0.2) is 0 Å². The number of hydrogen-bond acceptors (Lipinski definition) is 9. The second-order valence-corrected chi connectivity index (χ2v) is 10.2. The zero-order valence-corrected chi connectivity index (χ0v) is 18.8. The van der Waals surface area contributed by atoms with Crippen LogP contribution in [0.4, 0.5) is 10.3 Å². The Kier molecular flexibility index (Phi) is 9.77. The topological polar surface area (TPSA) is 110 Å². The Morgan fingerprint density at radius 1 is 0.815 bits per heavy atom. The quantitative estimate of drug-likeness (QED) is 0.373. The number of rotatable bonds is 10. The molecule has 2 aromatic heterocycles. The van der Waals surface area contributed by atoms with Crippen LogP contribution in [0.25, 0.3) is 0 Å². The molecule has 2 amide bonds. The predicted octanol–water partition coefficient (Wildman–Crippen LogP) is 3.39. The van der Waals surface area contributed by atoms with Crippen LogP contribution in [0.2, 0.25) is 0 Å². The lowest BCUT2D eigenvalue weighted by Crippen LogP contribution is -2.18. The normalized spacial score (nSPS) is 11.2. The van der Waals surface area contributed by atoms with E-state index in [0.717, 1.165) is 21.5 Å². The van der Waals surface area contributed by atoms with Gasteiger partial charge in [-0.05, 0) is 11.5 Å². The smallest absolute Gasteiger partial charge is 0.259 e. The maximum absolute atomic E-state index is 11.4. The lowest BCUT2D eigenvalue weighted by Gasteiger charge is -1.99. The second-order valence-electron chi connectivity index (χ2n) is 4.69. The SMILES string of the molecule is O=C(Nc1nnc(CCSCCc2nnc(NC(=O)C(Cl)Cl)s2)s1)C(Cl)Cl. The Morgan fingerprint density at radius 2 is 1.22 bits per heavy atom. The summed E-state index contributed by atoms with van der Waals surface area (Å²) in [5.41, 5.74) is 0. The number of aryl methyl sites for hydroxylation is 2. The third-order valence-electron chi connectivity index (χ3n) is 2.71. The van der Waals surface area contributed by atoms with E-state index < -0.39 is 21.5 Å². The molecule has 0 radical (unpaired) electrons. The monoisotopic (exact) mass is 508 g/mol. The van der Waals surface area contributed by atoms with Crippen molar-refractivity contribution in [3.8, 4) is 0 Å². The van der Waals surface area contributed by atoms with Crippen LogP contribution in [0, 0.1) is 0 Å². The molecule has 148 valence electrons. The number of alkyl halides is 4. The van der Waals surface area contributed by atoms with E-state index in [9.17, 15) is 9.59 Å². The van der Waals surface area contributed by atoms with Crippen molar-refractivity contribution in [2.24, 2.45) is 0 Å². The average Bonchev–Trinajstić information content (AvgIpc) is 3.24. The molecule has 2 aromatic rings. The van der Waals surface area contributed by atoms with Gasteiger partial charge in [0.15, 0.2) is 9.67 Å². The fourth-order valence-electron chi connectivity index (χ4n) is 1.55. The predicted molar refractivity (Wildman–Crippen MR) is 113 cm³/mol. The number of nitrogens with zero attached hydrogens (tertiary/aromatic N) is 4. The van der Waals surface area contributed by atoms with E-state index in [4.69, 9.17) is 46.4 Å². The van der Waals surface area contributed by atoms with Gasteiger partial charge in [0.25, 0.3) is 11.8 Å². The van der Waals surface area contributed by atoms with Crippen LogP contribution >= 0.6 is 80.8 Å². The molecule has 0 aliphatic heterocycles. The summed E-state index contributed by atoms with van der Waals surface area (Å²) in [5.74, 6) is 0.601. The second kappa shape index (κ2) is 11.5. The van der Waals surface area contributed by atoms with Crippen molar-refractivity contribution in [1.29, 1.82) is 0 Å². The molecular formula is C12H12Cl4N6O2S3. The first-order valence-electron chi connectivity index (χ1n) is 7.25. The van der Waals surface area contributed by atoms with E-state index in [1.807, 2.05) is 0 Å². The van der Waals surface area contributed by atoms with Gasteiger partial charge in [-0.3, -0.25) is 20.2 Å².